The molecule has 0 aromatic heterocycles. The molecule has 1 atom stereocenters. The average molecular weight is 225 g/mol. The van der Waals surface area contributed by atoms with Gasteiger partial charge < -0.3 is 0 Å². The third-order valence-corrected chi connectivity index (χ3v) is 3.61. The van der Waals surface area contributed by atoms with Gasteiger partial charge in [-0.2, -0.15) is 0 Å². The monoisotopic (exact) mass is 225 g/mol. The highest BCUT2D eigenvalue weighted by Crippen LogP contribution is 2.22. The SMILES string of the molecule is CCCCCN(C(C)C)C1CCCCC1=O. The zero-order chi connectivity index (χ0) is 12.0. The molecule has 2 heteroatoms. The summed E-state index contributed by atoms with van der Waals surface area (Å²) in [6.45, 7) is 7.76. The second kappa shape index (κ2) is 7.05. The molecule has 0 amide bonds. The Labute approximate surface area is 100 Å². The number of hydrogen-bond donors (Lipinski definition) is 0. The minimum atomic E-state index is 0.227. The molecule has 0 heterocycles. The molecule has 0 aromatic carbocycles. The van der Waals surface area contributed by atoms with E-state index in [1.807, 2.05) is 0 Å². The highest BCUT2D eigenvalue weighted by molar-refractivity contribution is 5.84. The van der Waals surface area contributed by atoms with Gasteiger partial charge in [0.1, 0.15) is 5.78 Å². The molecule has 0 radical (unpaired) electrons. The summed E-state index contributed by atoms with van der Waals surface area (Å²) in [4.78, 5) is 14.4. The fourth-order valence-electron chi connectivity index (χ4n) is 2.63. The first-order valence-corrected chi connectivity index (χ1v) is 6.95. The minimum absolute atomic E-state index is 0.227. The average Bonchev–Trinajstić information content (AvgIpc) is 2.25. The zero-order valence-corrected chi connectivity index (χ0v) is 11.2. The Morgan fingerprint density at radius 3 is 2.62 bits per heavy atom. The fraction of sp³-hybridized carbons (Fsp3) is 0.929. The number of Topliss-reactive ketones (excluding diaryl/α,β-unsaturated/α-hetero) is 1. The molecule has 0 aliphatic heterocycles. The molecule has 0 spiro atoms. The lowest BCUT2D eigenvalue weighted by Gasteiger charge is -2.36. The predicted octanol–water partition coefficient (Wildman–Crippen LogP) is 3.40. The number of hydrogen-bond acceptors (Lipinski definition) is 2. The van der Waals surface area contributed by atoms with E-state index in [-0.39, 0.29) is 6.04 Å². The highest BCUT2D eigenvalue weighted by atomic mass is 16.1. The Bertz CT molecular complexity index is 213. The van der Waals surface area contributed by atoms with E-state index in [4.69, 9.17) is 0 Å². The topological polar surface area (TPSA) is 20.3 Å². The van der Waals surface area contributed by atoms with E-state index >= 15 is 0 Å². The number of carbonyl (C=O) groups is 1. The molecule has 1 unspecified atom stereocenters. The molecule has 1 rings (SSSR count). The Hall–Kier alpha value is -0.370. The number of unbranched alkanes of at least 4 members (excludes halogenated alkanes) is 2. The summed E-state index contributed by atoms with van der Waals surface area (Å²) in [7, 11) is 0. The van der Waals surface area contributed by atoms with Crippen LogP contribution < -0.4 is 0 Å². The third kappa shape index (κ3) is 3.89. The summed E-state index contributed by atoms with van der Waals surface area (Å²) in [5.74, 6) is 0.483. The van der Waals surface area contributed by atoms with Crippen LogP contribution in [0.4, 0.5) is 0 Å². The molecule has 1 fully saturated rings. The summed E-state index contributed by atoms with van der Waals surface area (Å²) in [5.41, 5.74) is 0. The lowest BCUT2D eigenvalue weighted by Crippen LogP contribution is -2.47. The maximum absolute atomic E-state index is 11.9. The standard InChI is InChI=1S/C14H27NO/c1-4-5-8-11-15(12(2)3)13-9-6-7-10-14(13)16/h12-13H,4-11H2,1-3H3. The Kier molecular flexibility index (Phi) is 6.04. The van der Waals surface area contributed by atoms with E-state index in [2.05, 4.69) is 25.7 Å². The lowest BCUT2D eigenvalue weighted by atomic mass is 9.92. The van der Waals surface area contributed by atoms with Gasteiger partial charge in [-0.15, -0.1) is 0 Å². The quantitative estimate of drug-likeness (QED) is 0.646. The maximum atomic E-state index is 11.9. The van der Waals surface area contributed by atoms with Crippen LogP contribution in [0.25, 0.3) is 0 Å². The van der Waals surface area contributed by atoms with Gasteiger partial charge in [0, 0.05) is 12.5 Å². The van der Waals surface area contributed by atoms with E-state index in [9.17, 15) is 4.79 Å². The van der Waals surface area contributed by atoms with Gasteiger partial charge in [-0.3, -0.25) is 9.69 Å². The van der Waals surface area contributed by atoms with E-state index in [0.717, 1.165) is 25.8 Å². The van der Waals surface area contributed by atoms with Crippen molar-refractivity contribution < 1.29 is 4.79 Å². The van der Waals surface area contributed by atoms with Crippen LogP contribution in [0, 0.1) is 0 Å². The van der Waals surface area contributed by atoms with Gasteiger partial charge in [-0.05, 0) is 39.7 Å². The molecular weight excluding hydrogens is 198 g/mol. The molecular formula is C14H27NO. The molecule has 94 valence electrons. The van der Waals surface area contributed by atoms with Gasteiger partial charge in [-0.25, -0.2) is 0 Å². The second-order valence-electron chi connectivity index (χ2n) is 5.27. The molecule has 16 heavy (non-hydrogen) atoms. The second-order valence-corrected chi connectivity index (χ2v) is 5.27. The smallest absolute Gasteiger partial charge is 0.149 e. The summed E-state index contributed by atoms with van der Waals surface area (Å²) < 4.78 is 0. The van der Waals surface area contributed by atoms with Crippen LogP contribution in [-0.4, -0.2) is 29.3 Å². The summed E-state index contributed by atoms with van der Waals surface area (Å²) in [5, 5.41) is 0. The first-order chi connectivity index (χ1) is 7.66. The van der Waals surface area contributed by atoms with Crippen molar-refractivity contribution in [3.8, 4) is 0 Å². The van der Waals surface area contributed by atoms with Gasteiger partial charge in [0.2, 0.25) is 0 Å². The molecule has 0 aromatic rings. The van der Waals surface area contributed by atoms with Crippen LogP contribution in [0.3, 0.4) is 0 Å². The molecule has 2 nitrogen and oxygen atoms in total. The Morgan fingerprint density at radius 2 is 2.06 bits per heavy atom. The van der Waals surface area contributed by atoms with E-state index < -0.39 is 0 Å². The first kappa shape index (κ1) is 13.7. The number of rotatable bonds is 6. The van der Waals surface area contributed by atoms with E-state index in [1.54, 1.807) is 0 Å². The highest BCUT2D eigenvalue weighted by Gasteiger charge is 2.29. The van der Waals surface area contributed by atoms with Crippen LogP contribution in [0.2, 0.25) is 0 Å². The van der Waals surface area contributed by atoms with Gasteiger partial charge in [-0.1, -0.05) is 26.2 Å². The van der Waals surface area contributed by atoms with Crippen molar-refractivity contribution in [1.29, 1.82) is 0 Å². The Balaban J connectivity index is 2.50. The zero-order valence-electron chi connectivity index (χ0n) is 11.2. The number of nitrogens with zero attached hydrogens (tertiary/aromatic N) is 1. The molecule has 0 N–H and O–H groups in total. The lowest BCUT2D eigenvalue weighted by molar-refractivity contribution is -0.127. The summed E-state index contributed by atoms with van der Waals surface area (Å²) >= 11 is 0. The van der Waals surface area contributed by atoms with Crippen LogP contribution >= 0.6 is 0 Å². The van der Waals surface area contributed by atoms with Gasteiger partial charge >= 0.3 is 0 Å². The maximum Gasteiger partial charge on any atom is 0.149 e. The van der Waals surface area contributed by atoms with Crippen LogP contribution in [0.1, 0.15) is 65.7 Å². The normalized spacial score (nSPS) is 22.1. The molecule has 1 saturated carbocycles. The van der Waals surface area contributed by atoms with Crippen LogP contribution in [0.5, 0.6) is 0 Å². The predicted molar refractivity (Wildman–Crippen MR) is 68.6 cm³/mol. The summed E-state index contributed by atoms with van der Waals surface area (Å²) in [6.07, 6.45) is 8.00. The fourth-order valence-corrected chi connectivity index (χ4v) is 2.63. The number of carbonyl (C=O) groups excluding carboxylic acids is 1. The van der Waals surface area contributed by atoms with Crippen LogP contribution in [-0.2, 0) is 4.79 Å². The van der Waals surface area contributed by atoms with Crippen molar-refractivity contribution in [3.63, 3.8) is 0 Å². The molecule has 1 aliphatic rings. The van der Waals surface area contributed by atoms with E-state index in [1.165, 1.54) is 25.7 Å². The van der Waals surface area contributed by atoms with Crippen molar-refractivity contribution in [2.45, 2.75) is 77.8 Å². The largest absolute Gasteiger partial charge is 0.298 e. The van der Waals surface area contributed by atoms with Gasteiger partial charge in [0.15, 0.2) is 0 Å². The molecule has 0 bridgehead atoms. The summed E-state index contributed by atoms with van der Waals surface area (Å²) in [6, 6.07) is 0.731. The van der Waals surface area contributed by atoms with Gasteiger partial charge in [0.05, 0.1) is 6.04 Å². The van der Waals surface area contributed by atoms with Crippen molar-refractivity contribution in [1.82, 2.24) is 4.90 Å². The van der Waals surface area contributed by atoms with Crippen molar-refractivity contribution in [2.75, 3.05) is 6.54 Å². The van der Waals surface area contributed by atoms with Crippen molar-refractivity contribution in [3.05, 3.63) is 0 Å². The Morgan fingerprint density at radius 1 is 1.31 bits per heavy atom. The first-order valence-electron chi connectivity index (χ1n) is 6.95. The van der Waals surface area contributed by atoms with Crippen molar-refractivity contribution >= 4 is 5.78 Å². The van der Waals surface area contributed by atoms with Gasteiger partial charge in [0.25, 0.3) is 0 Å². The molecule has 0 saturated heterocycles. The number of ketones is 1. The molecule has 1 aliphatic carbocycles. The van der Waals surface area contributed by atoms with E-state index in [0.29, 0.717) is 11.8 Å². The van der Waals surface area contributed by atoms with Crippen LogP contribution in [0.15, 0.2) is 0 Å². The van der Waals surface area contributed by atoms with Crippen molar-refractivity contribution in [2.24, 2.45) is 0 Å². The minimum Gasteiger partial charge on any atom is -0.298 e. The third-order valence-electron chi connectivity index (χ3n) is 3.61.